The van der Waals surface area contributed by atoms with Gasteiger partial charge in [-0.15, -0.1) is 12.4 Å². The van der Waals surface area contributed by atoms with Gasteiger partial charge in [-0.3, -0.25) is 4.90 Å². The lowest BCUT2D eigenvalue weighted by molar-refractivity contribution is 0.191. The Hall–Kier alpha value is -2.37. The van der Waals surface area contributed by atoms with Crippen LogP contribution in [0.1, 0.15) is 42.0 Å². The number of nitrogens with zero attached hydrogens (tertiary/aromatic N) is 5. The summed E-state index contributed by atoms with van der Waals surface area (Å²) < 4.78 is 6.33. The van der Waals surface area contributed by atoms with E-state index < -0.39 is 0 Å². The van der Waals surface area contributed by atoms with Crippen LogP contribution in [0.3, 0.4) is 0 Å². The molecule has 2 aromatic rings. The lowest BCUT2D eigenvalue weighted by Crippen LogP contribution is -2.51. The molecular weight excluding hydrogens is 460 g/mol. The predicted molar refractivity (Wildman–Crippen MR) is 141 cm³/mol. The van der Waals surface area contributed by atoms with Crippen molar-refractivity contribution >= 4 is 18.2 Å². The molecule has 0 bridgehead atoms. The molecule has 5 rings (SSSR count). The SMILES string of the molecule is CC1CNCCN1c1nc(OCC2CCCN2C)c(C#N)c2c1CCN(Cc1ccccc1)C2.Cl. The van der Waals surface area contributed by atoms with Gasteiger partial charge in [0.05, 0.1) is 0 Å². The van der Waals surface area contributed by atoms with Crippen molar-refractivity contribution in [2.24, 2.45) is 0 Å². The van der Waals surface area contributed by atoms with Gasteiger partial charge in [0.25, 0.3) is 0 Å². The van der Waals surface area contributed by atoms with Gasteiger partial charge in [-0.2, -0.15) is 10.2 Å². The number of fused-ring (bicyclic) bond motifs is 1. The number of piperazine rings is 1. The molecule has 3 aliphatic heterocycles. The van der Waals surface area contributed by atoms with Crippen molar-refractivity contribution in [2.75, 3.05) is 51.3 Å². The molecule has 35 heavy (non-hydrogen) atoms. The molecule has 2 fully saturated rings. The normalized spacial score (nSPS) is 22.8. The summed E-state index contributed by atoms with van der Waals surface area (Å²) in [5.74, 6) is 1.54. The van der Waals surface area contributed by atoms with Gasteiger partial charge in [-0.1, -0.05) is 30.3 Å². The highest BCUT2D eigenvalue weighted by molar-refractivity contribution is 5.85. The summed E-state index contributed by atoms with van der Waals surface area (Å²) in [6, 6.07) is 13.8. The monoisotopic (exact) mass is 496 g/mol. The van der Waals surface area contributed by atoms with E-state index in [0.29, 0.717) is 30.1 Å². The van der Waals surface area contributed by atoms with E-state index in [1.54, 1.807) is 0 Å². The molecule has 4 heterocycles. The zero-order valence-electron chi connectivity index (χ0n) is 20.9. The number of likely N-dealkylation sites (N-methyl/N-ethyl adjacent to an activating group) is 1. The summed E-state index contributed by atoms with van der Waals surface area (Å²) in [7, 11) is 2.15. The van der Waals surface area contributed by atoms with Crippen LogP contribution in [-0.4, -0.2) is 73.2 Å². The lowest BCUT2D eigenvalue weighted by Gasteiger charge is -2.39. The van der Waals surface area contributed by atoms with Crippen LogP contribution in [0.15, 0.2) is 30.3 Å². The third-order valence-electron chi connectivity index (χ3n) is 7.64. The first-order valence-corrected chi connectivity index (χ1v) is 12.7. The molecule has 0 amide bonds. The number of benzene rings is 1. The number of hydrogen-bond acceptors (Lipinski definition) is 7. The molecule has 0 saturated carbocycles. The minimum Gasteiger partial charge on any atom is -0.475 e. The van der Waals surface area contributed by atoms with E-state index in [0.717, 1.165) is 70.0 Å². The Balaban J connectivity index is 0.00000289. The summed E-state index contributed by atoms with van der Waals surface area (Å²) in [6.07, 6.45) is 3.24. The zero-order valence-corrected chi connectivity index (χ0v) is 21.7. The van der Waals surface area contributed by atoms with Gasteiger partial charge in [0.2, 0.25) is 5.88 Å². The second-order valence-electron chi connectivity index (χ2n) is 9.96. The van der Waals surface area contributed by atoms with Crippen LogP contribution < -0.4 is 15.0 Å². The number of rotatable bonds is 6. The maximum atomic E-state index is 10.2. The number of pyridine rings is 1. The van der Waals surface area contributed by atoms with Crippen molar-refractivity contribution < 1.29 is 4.74 Å². The number of halogens is 1. The van der Waals surface area contributed by atoms with E-state index in [2.05, 4.69) is 70.4 Å². The maximum absolute atomic E-state index is 10.2. The lowest BCUT2D eigenvalue weighted by atomic mass is 9.95. The summed E-state index contributed by atoms with van der Waals surface area (Å²) in [6.45, 7) is 9.36. The number of ether oxygens (including phenoxy) is 1. The Kier molecular flexibility index (Phi) is 8.51. The molecule has 1 aromatic heterocycles. The second-order valence-corrected chi connectivity index (χ2v) is 9.96. The average Bonchev–Trinajstić information content (AvgIpc) is 3.27. The molecule has 2 saturated heterocycles. The van der Waals surface area contributed by atoms with E-state index >= 15 is 0 Å². The van der Waals surface area contributed by atoms with Crippen LogP contribution in [0.25, 0.3) is 0 Å². The zero-order chi connectivity index (χ0) is 23.5. The topological polar surface area (TPSA) is 67.7 Å². The first kappa shape index (κ1) is 25.7. The molecule has 0 aliphatic carbocycles. The third-order valence-corrected chi connectivity index (χ3v) is 7.64. The number of nitriles is 1. The van der Waals surface area contributed by atoms with E-state index in [1.165, 1.54) is 17.5 Å². The highest BCUT2D eigenvalue weighted by Gasteiger charge is 2.31. The van der Waals surface area contributed by atoms with Crippen molar-refractivity contribution in [1.29, 1.82) is 5.26 Å². The van der Waals surface area contributed by atoms with Crippen LogP contribution in [-0.2, 0) is 19.5 Å². The van der Waals surface area contributed by atoms with Crippen molar-refractivity contribution in [3.8, 4) is 11.9 Å². The molecule has 188 valence electrons. The minimum atomic E-state index is 0. The molecule has 3 aliphatic rings. The molecule has 0 spiro atoms. The summed E-state index contributed by atoms with van der Waals surface area (Å²) in [5, 5.41) is 13.7. The van der Waals surface area contributed by atoms with Crippen LogP contribution in [0, 0.1) is 11.3 Å². The molecule has 1 aromatic carbocycles. The highest BCUT2D eigenvalue weighted by atomic mass is 35.5. The maximum Gasteiger partial charge on any atom is 0.234 e. The molecule has 7 nitrogen and oxygen atoms in total. The minimum absolute atomic E-state index is 0. The molecule has 1 N–H and O–H groups in total. The van der Waals surface area contributed by atoms with Crippen molar-refractivity contribution in [2.45, 2.75) is 51.4 Å². The van der Waals surface area contributed by atoms with E-state index in [4.69, 9.17) is 9.72 Å². The van der Waals surface area contributed by atoms with Crippen molar-refractivity contribution in [3.05, 3.63) is 52.6 Å². The Morgan fingerprint density at radius 2 is 2.00 bits per heavy atom. The number of hydrogen-bond donors (Lipinski definition) is 1. The predicted octanol–water partition coefficient (Wildman–Crippen LogP) is 3.20. The Bertz CT molecular complexity index is 1040. The smallest absolute Gasteiger partial charge is 0.234 e. The van der Waals surface area contributed by atoms with Gasteiger partial charge in [-0.05, 0) is 50.9 Å². The van der Waals surface area contributed by atoms with Gasteiger partial charge in [0.15, 0.2) is 0 Å². The largest absolute Gasteiger partial charge is 0.475 e. The van der Waals surface area contributed by atoms with Gasteiger partial charge >= 0.3 is 0 Å². The Morgan fingerprint density at radius 1 is 1.17 bits per heavy atom. The molecule has 0 radical (unpaired) electrons. The Labute approximate surface area is 215 Å². The van der Waals surface area contributed by atoms with Crippen molar-refractivity contribution in [3.63, 3.8) is 0 Å². The number of anilines is 1. The first-order chi connectivity index (χ1) is 16.6. The molecule has 2 atom stereocenters. The molecule has 2 unspecified atom stereocenters. The fraction of sp³-hybridized carbons (Fsp3) is 0.556. The van der Waals surface area contributed by atoms with Gasteiger partial charge < -0.3 is 19.9 Å². The van der Waals surface area contributed by atoms with Gasteiger partial charge in [-0.25, -0.2) is 0 Å². The van der Waals surface area contributed by atoms with Gasteiger partial charge in [0, 0.05) is 56.9 Å². The molecule has 8 heteroatoms. The second kappa shape index (κ2) is 11.6. The fourth-order valence-electron chi connectivity index (χ4n) is 5.60. The highest BCUT2D eigenvalue weighted by Crippen LogP contribution is 2.36. The summed E-state index contributed by atoms with van der Waals surface area (Å²) >= 11 is 0. The number of nitrogens with one attached hydrogen (secondary N) is 1. The van der Waals surface area contributed by atoms with Crippen LogP contribution >= 0.6 is 12.4 Å². The number of aromatic nitrogens is 1. The third kappa shape index (κ3) is 5.57. The first-order valence-electron chi connectivity index (χ1n) is 12.7. The molecular formula is C27H37ClN6O. The van der Waals surface area contributed by atoms with Gasteiger partial charge in [0.1, 0.15) is 24.1 Å². The van der Waals surface area contributed by atoms with E-state index in [1.807, 2.05) is 0 Å². The van der Waals surface area contributed by atoms with Crippen LogP contribution in [0.2, 0.25) is 0 Å². The Morgan fingerprint density at radius 3 is 2.71 bits per heavy atom. The summed E-state index contributed by atoms with van der Waals surface area (Å²) in [5.41, 5.74) is 4.27. The van der Waals surface area contributed by atoms with Crippen molar-refractivity contribution in [1.82, 2.24) is 20.1 Å². The average molecular weight is 497 g/mol. The quantitative estimate of drug-likeness (QED) is 0.658. The van der Waals surface area contributed by atoms with Crippen LogP contribution in [0.5, 0.6) is 5.88 Å². The number of likely N-dealkylation sites (tertiary alicyclic amines) is 1. The summed E-state index contributed by atoms with van der Waals surface area (Å²) in [4.78, 5) is 12.3. The fourth-order valence-corrected chi connectivity index (χ4v) is 5.60. The standard InChI is InChI=1S/C27H36N6O.ClH/c1-20-16-29-11-14-33(20)26-23-10-13-32(17-21-7-4-3-5-8-21)18-25(23)24(15-28)27(30-26)34-19-22-9-6-12-31(22)2;/h3-5,7-8,20,22,29H,6,9-14,16-19H2,1-2H3;1H. The van der Waals surface area contributed by atoms with E-state index in [-0.39, 0.29) is 12.4 Å². The van der Waals surface area contributed by atoms with E-state index in [9.17, 15) is 5.26 Å². The van der Waals surface area contributed by atoms with Crippen LogP contribution in [0.4, 0.5) is 5.82 Å².